The van der Waals surface area contributed by atoms with Gasteiger partial charge in [0.25, 0.3) is 0 Å². The predicted molar refractivity (Wildman–Crippen MR) is 90.4 cm³/mol. The van der Waals surface area contributed by atoms with Crippen molar-refractivity contribution in [2.45, 2.75) is 51.0 Å². The van der Waals surface area contributed by atoms with E-state index in [-0.39, 0.29) is 5.54 Å². The molecule has 3 rings (SSSR count). The van der Waals surface area contributed by atoms with Gasteiger partial charge < -0.3 is 5.73 Å². The summed E-state index contributed by atoms with van der Waals surface area (Å²) in [6, 6.07) is 10.4. The van der Waals surface area contributed by atoms with Crippen LogP contribution < -0.4 is 5.73 Å². The van der Waals surface area contributed by atoms with Gasteiger partial charge in [-0.2, -0.15) is 0 Å². The first-order chi connectivity index (χ1) is 10.2. The molecular weight excluding hydrogens is 276 g/mol. The highest BCUT2D eigenvalue weighted by Gasteiger charge is 2.36. The SMILES string of the molecule is CCC1CCCCC1(N)Cc1nc(-c2ccccc2)cs1. The van der Waals surface area contributed by atoms with E-state index >= 15 is 0 Å². The summed E-state index contributed by atoms with van der Waals surface area (Å²) >= 11 is 1.76. The highest BCUT2D eigenvalue weighted by atomic mass is 32.1. The van der Waals surface area contributed by atoms with Gasteiger partial charge >= 0.3 is 0 Å². The lowest BCUT2D eigenvalue weighted by atomic mass is 9.70. The molecule has 1 saturated carbocycles. The fourth-order valence-electron chi connectivity index (χ4n) is 3.59. The minimum Gasteiger partial charge on any atom is -0.324 e. The maximum absolute atomic E-state index is 6.76. The Morgan fingerprint density at radius 2 is 2.10 bits per heavy atom. The number of thiazole rings is 1. The Hall–Kier alpha value is -1.19. The van der Waals surface area contributed by atoms with Crippen LogP contribution in [0.2, 0.25) is 0 Å². The number of benzene rings is 1. The van der Waals surface area contributed by atoms with Crippen molar-refractivity contribution in [3.63, 3.8) is 0 Å². The highest BCUT2D eigenvalue weighted by molar-refractivity contribution is 7.09. The Morgan fingerprint density at radius 3 is 2.86 bits per heavy atom. The van der Waals surface area contributed by atoms with Crippen molar-refractivity contribution in [1.29, 1.82) is 0 Å². The molecule has 2 atom stereocenters. The van der Waals surface area contributed by atoms with Crippen LogP contribution in [0.5, 0.6) is 0 Å². The van der Waals surface area contributed by atoms with E-state index in [4.69, 9.17) is 10.7 Å². The molecule has 21 heavy (non-hydrogen) atoms. The van der Waals surface area contributed by atoms with E-state index in [9.17, 15) is 0 Å². The molecule has 0 aliphatic heterocycles. The van der Waals surface area contributed by atoms with E-state index < -0.39 is 0 Å². The zero-order valence-corrected chi connectivity index (χ0v) is 13.5. The normalized spacial score (nSPS) is 25.9. The van der Waals surface area contributed by atoms with Crippen LogP contribution in [-0.2, 0) is 6.42 Å². The molecule has 1 aromatic carbocycles. The summed E-state index contributed by atoms with van der Waals surface area (Å²) in [4.78, 5) is 4.83. The zero-order valence-electron chi connectivity index (χ0n) is 12.7. The third-order valence-corrected chi connectivity index (χ3v) is 5.70. The van der Waals surface area contributed by atoms with Crippen molar-refractivity contribution in [3.05, 3.63) is 40.7 Å². The lowest BCUT2D eigenvalue weighted by Crippen LogP contribution is -2.50. The van der Waals surface area contributed by atoms with E-state index in [1.165, 1.54) is 36.3 Å². The molecule has 0 amide bonds. The number of nitrogens with two attached hydrogens (primary N) is 1. The first-order valence-electron chi connectivity index (χ1n) is 8.00. The van der Waals surface area contributed by atoms with Gasteiger partial charge in [-0.05, 0) is 18.8 Å². The van der Waals surface area contributed by atoms with Gasteiger partial charge in [0.05, 0.1) is 10.7 Å². The maximum Gasteiger partial charge on any atom is 0.0951 e. The van der Waals surface area contributed by atoms with Crippen LogP contribution in [0, 0.1) is 5.92 Å². The Kier molecular flexibility index (Phi) is 4.41. The molecule has 2 N–H and O–H groups in total. The van der Waals surface area contributed by atoms with E-state index in [1.807, 2.05) is 6.07 Å². The van der Waals surface area contributed by atoms with Crippen molar-refractivity contribution >= 4 is 11.3 Å². The molecule has 2 unspecified atom stereocenters. The fourth-order valence-corrected chi connectivity index (χ4v) is 4.53. The molecule has 1 aliphatic rings. The van der Waals surface area contributed by atoms with Crippen LogP contribution in [0.4, 0.5) is 0 Å². The molecule has 0 radical (unpaired) electrons. The van der Waals surface area contributed by atoms with Crippen molar-refractivity contribution in [3.8, 4) is 11.3 Å². The van der Waals surface area contributed by atoms with Crippen molar-refractivity contribution < 1.29 is 0 Å². The molecule has 0 saturated heterocycles. The van der Waals surface area contributed by atoms with Gasteiger partial charge in [0.15, 0.2) is 0 Å². The van der Waals surface area contributed by atoms with Crippen molar-refractivity contribution in [1.82, 2.24) is 4.98 Å². The monoisotopic (exact) mass is 300 g/mol. The van der Waals surface area contributed by atoms with Crippen LogP contribution in [-0.4, -0.2) is 10.5 Å². The Labute approximate surface area is 131 Å². The first kappa shape index (κ1) is 14.7. The van der Waals surface area contributed by atoms with E-state index in [2.05, 4.69) is 36.6 Å². The topological polar surface area (TPSA) is 38.9 Å². The van der Waals surface area contributed by atoms with Crippen molar-refractivity contribution in [2.24, 2.45) is 11.7 Å². The van der Waals surface area contributed by atoms with Gasteiger partial charge in [-0.1, -0.05) is 56.5 Å². The zero-order chi connectivity index (χ0) is 14.7. The van der Waals surface area contributed by atoms with Crippen LogP contribution in [0.3, 0.4) is 0 Å². The fraction of sp³-hybridized carbons (Fsp3) is 0.500. The molecule has 3 heteroatoms. The minimum absolute atomic E-state index is 0.0428. The Balaban J connectivity index is 1.77. The first-order valence-corrected chi connectivity index (χ1v) is 8.88. The molecule has 1 fully saturated rings. The lowest BCUT2D eigenvalue weighted by molar-refractivity contribution is 0.182. The molecule has 1 aromatic heterocycles. The van der Waals surface area contributed by atoms with Gasteiger partial charge in [-0.25, -0.2) is 4.98 Å². The number of nitrogens with zero attached hydrogens (tertiary/aromatic N) is 1. The Bertz CT molecular complexity index is 578. The summed E-state index contributed by atoms with van der Waals surface area (Å²) in [6.45, 7) is 2.27. The molecule has 1 heterocycles. The largest absolute Gasteiger partial charge is 0.324 e. The van der Waals surface area contributed by atoms with Gasteiger partial charge in [0.1, 0.15) is 0 Å². The number of hydrogen-bond acceptors (Lipinski definition) is 3. The summed E-state index contributed by atoms with van der Waals surface area (Å²) in [5, 5.41) is 3.36. The summed E-state index contributed by atoms with van der Waals surface area (Å²) in [5.41, 5.74) is 9.00. The molecule has 1 aliphatic carbocycles. The summed E-state index contributed by atoms with van der Waals surface area (Å²) in [6.07, 6.45) is 7.15. The van der Waals surface area contributed by atoms with E-state index in [1.54, 1.807) is 11.3 Å². The maximum atomic E-state index is 6.76. The molecule has 112 valence electrons. The molecular formula is C18H24N2S. The average Bonchev–Trinajstić information content (AvgIpc) is 2.96. The van der Waals surface area contributed by atoms with Crippen LogP contribution in [0.15, 0.2) is 35.7 Å². The molecule has 2 nitrogen and oxygen atoms in total. The second kappa shape index (κ2) is 6.29. The number of aromatic nitrogens is 1. The van der Waals surface area contributed by atoms with E-state index in [0.717, 1.165) is 18.5 Å². The highest BCUT2D eigenvalue weighted by Crippen LogP contribution is 2.37. The van der Waals surface area contributed by atoms with Crippen LogP contribution >= 0.6 is 11.3 Å². The second-order valence-corrected chi connectivity index (χ2v) is 7.20. The number of rotatable bonds is 4. The van der Waals surface area contributed by atoms with Crippen LogP contribution in [0.25, 0.3) is 11.3 Å². The second-order valence-electron chi connectivity index (χ2n) is 6.25. The summed E-state index contributed by atoms with van der Waals surface area (Å²) in [5.74, 6) is 0.648. The molecule has 0 bridgehead atoms. The Morgan fingerprint density at radius 1 is 1.29 bits per heavy atom. The third kappa shape index (κ3) is 3.19. The lowest BCUT2D eigenvalue weighted by Gasteiger charge is -2.40. The summed E-state index contributed by atoms with van der Waals surface area (Å²) < 4.78 is 0. The number of hydrogen-bond donors (Lipinski definition) is 1. The third-order valence-electron chi connectivity index (χ3n) is 4.85. The van der Waals surface area contributed by atoms with Gasteiger partial charge in [-0.15, -0.1) is 11.3 Å². The predicted octanol–water partition coefficient (Wildman–Crippen LogP) is 4.65. The summed E-state index contributed by atoms with van der Waals surface area (Å²) in [7, 11) is 0. The smallest absolute Gasteiger partial charge is 0.0951 e. The van der Waals surface area contributed by atoms with Crippen molar-refractivity contribution in [2.75, 3.05) is 0 Å². The quantitative estimate of drug-likeness (QED) is 0.892. The molecule has 2 aromatic rings. The molecule has 0 spiro atoms. The van der Waals surface area contributed by atoms with Gasteiger partial charge in [0, 0.05) is 22.9 Å². The van der Waals surface area contributed by atoms with Gasteiger partial charge in [-0.3, -0.25) is 0 Å². The average molecular weight is 300 g/mol. The van der Waals surface area contributed by atoms with Gasteiger partial charge in [0.2, 0.25) is 0 Å². The van der Waals surface area contributed by atoms with E-state index in [0.29, 0.717) is 5.92 Å². The van der Waals surface area contributed by atoms with Crippen LogP contribution in [0.1, 0.15) is 44.0 Å². The standard InChI is InChI=1S/C18H24N2S/c1-2-15-10-6-7-11-18(15,19)12-17-20-16(13-21-17)14-8-4-3-5-9-14/h3-5,8-9,13,15H,2,6-7,10-12,19H2,1H3. The minimum atomic E-state index is -0.0428.